The predicted molar refractivity (Wildman–Crippen MR) is 121 cm³/mol. The molecule has 0 radical (unpaired) electrons. The Morgan fingerprint density at radius 2 is 2.03 bits per heavy atom. The van der Waals surface area contributed by atoms with Gasteiger partial charge in [0, 0.05) is 12.7 Å². The third-order valence-electron chi connectivity index (χ3n) is 6.87. The number of rotatable bonds is 5. The molecule has 3 amide bonds. The molecule has 0 bridgehead atoms. The van der Waals surface area contributed by atoms with Crippen LogP contribution < -0.4 is 10.2 Å². The first-order valence-electron chi connectivity index (χ1n) is 11.7. The zero-order valence-corrected chi connectivity index (χ0v) is 18.8. The van der Waals surface area contributed by atoms with Gasteiger partial charge in [0.25, 0.3) is 11.8 Å². The van der Waals surface area contributed by atoms with Crippen molar-refractivity contribution in [3.8, 4) is 0 Å². The first-order chi connectivity index (χ1) is 16.1. The van der Waals surface area contributed by atoms with E-state index in [1.165, 1.54) is 12.5 Å². The van der Waals surface area contributed by atoms with Gasteiger partial charge in [-0.2, -0.15) is 0 Å². The van der Waals surface area contributed by atoms with Crippen molar-refractivity contribution in [3.05, 3.63) is 48.2 Å². The Hall–Kier alpha value is -3.20. The largest absolute Gasteiger partial charge is 0.459 e. The number of amides is 3. The van der Waals surface area contributed by atoms with E-state index in [2.05, 4.69) is 10.3 Å². The molecule has 2 aromatic heterocycles. The monoisotopic (exact) mass is 451 g/mol. The lowest BCUT2D eigenvalue weighted by atomic mass is 9.94. The Morgan fingerprint density at radius 3 is 2.76 bits per heavy atom. The standard InChI is InChI=1S/C24H29N5O4/c1-2-5-18-22(30)27(14-16-8-11-25-12-9-16)15-20-28(23(31)19-7-4-13-33-19)17-6-3-10-26-21(17)24(32)29(18)20/h3-4,6-7,10,13,16,18,20,25H,2,5,8-9,11-12,14-15H2,1H3/t18-,20?/m0/s1. The number of furan rings is 1. The van der Waals surface area contributed by atoms with Crippen LogP contribution in [0.2, 0.25) is 0 Å². The normalized spacial score (nSPS) is 23.5. The summed E-state index contributed by atoms with van der Waals surface area (Å²) in [7, 11) is 0. The molecule has 174 valence electrons. The van der Waals surface area contributed by atoms with E-state index in [0.29, 0.717) is 24.6 Å². The van der Waals surface area contributed by atoms with Crippen LogP contribution in [0.4, 0.5) is 5.69 Å². The van der Waals surface area contributed by atoms with Crippen molar-refractivity contribution in [1.29, 1.82) is 0 Å². The summed E-state index contributed by atoms with van der Waals surface area (Å²) in [6.07, 6.45) is 5.69. The number of anilines is 1. The summed E-state index contributed by atoms with van der Waals surface area (Å²) in [5.41, 5.74) is 0.644. The second-order valence-corrected chi connectivity index (χ2v) is 8.96. The highest BCUT2D eigenvalue weighted by Crippen LogP contribution is 2.36. The lowest BCUT2D eigenvalue weighted by molar-refractivity contribution is -0.144. The number of piperazine rings is 1. The van der Waals surface area contributed by atoms with Crippen molar-refractivity contribution in [2.75, 3.05) is 31.1 Å². The minimum absolute atomic E-state index is 0.0373. The third-order valence-corrected chi connectivity index (χ3v) is 6.87. The van der Waals surface area contributed by atoms with Crippen molar-refractivity contribution >= 4 is 23.4 Å². The highest BCUT2D eigenvalue weighted by Gasteiger charge is 2.51. The first-order valence-corrected chi connectivity index (χ1v) is 11.7. The Bertz CT molecular complexity index is 1030. The van der Waals surface area contributed by atoms with Crippen LogP contribution in [0.15, 0.2) is 41.1 Å². The lowest BCUT2D eigenvalue weighted by Crippen LogP contribution is -2.71. The highest BCUT2D eigenvalue weighted by atomic mass is 16.3. The van der Waals surface area contributed by atoms with E-state index in [0.717, 1.165) is 32.4 Å². The number of hydrogen-bond donors (Lipinski definition) is 1. The first kappa shape index (κ1) is 21.6. The summed E-state index contributed by atoms with van der Waals surface area (Å²) >= 11 is 0. The average molecular weight is 452 g/mol. The molecule has 2 saturated heterocycles. The third kappa shape index (κ3) is 3.80. The molecule has 9 heteroatoms. The van der Waals surface area contributed by atoms with E-state index in [1.54, 1.807) is 34.1 Å². The summed E-state index contributed by atoms with van der Waals surface area (Å²) in [6.45, 7) is 4.81. The van der Waals surface area contributed by atoms with E-state index in [9.17, 15) is 14.4 Å². The molecule has 0 aromatic carbocycles. The lowest BCUT2D eigenvalue weighted by Gasteiger charge is -2.52. The van der Waals surface area contributed by atoms with Gasteiger partial charge < -0.3 is 19.5 Å². The fourth-order valence-corrected chi connectivity index (χ4v) is 5.27. The second-order valence-electron chi connectivity index (χ2n) is 8.96. The molecule has 3 aliphatic rings. The van der Waals surface area contributed by atoms with Gasteiger partial charge in [0.2, 0.25) is 5.91 Å². The topological polar surface area (TPSA) is 99.0 Å². The van der Waals surface area contributed by atoms with E-state index in [-0.39, 0.29) is 35.7 Å². The summed E-state index contributed by atoms with van der Waals surface area (Å²) in [4.78, 5) is 50.1. The van der Waals surface area contributed by atoms with Crippen molar-refractivity contribution in [2.24, 2.45) is 5.92 Å². The van der Waals surface area contributed by atoms with Crippen LogP contribution in [-0.4, -0.2) is 70.9 Å². The number of hydrogen-bond acceptors (Lipinski definition) is 6. The highest BCUT2D eigenvalue weighted by molar-refractivity contribution is 6.12. The number of aromatic nitrogens is 1. The molecule has 0 saturated carbocycles. The van der Waals surface area contributed by atoms with Crippen LogP contribution in [-0.2, 0) is 4.79 Å². The number of pyridine rings is 1. The summed E-state index contributed by atoms with van der Waals surface area (Å²) < 4.78 is 5.41. The molecular formula is C24H29N5O4. The smallest absolute Gasteiger partial charge is 0.295 e. The second kappa shape index (κ2) is 8.97. The SMILES string of the molecule is CCC[C@H]1C(=O)N(CC2CCNCC2)CC2N(C(=O)c3ccco3)c3cccnc3C(=O)N21. The van der Waals surface area contributed by atoms with Crippen LogP contribution in [0, 0.1) is 5.92 Å². The zero-order chi connectivity index (χ0) is 22.9. The fraction of sp³-hybridized carbons (Fsp3) is 0.500. The number of nitrogens with one attached hydrogen (secondary N) is 1. The van der Waals surface area contributed by atoms with Crippen LogP contribution in [0.25, 0.3) is 0 Å². The van der Waals surface area contributed by atoms with Gasteiger partial charge in [0.15, 0.2) is 11.5 Å². The van der Waals surface area contributed by atoms with Crippen LogP contribution in [0.3, 0.4) is 0 Å². The van der Waals surface area contributed by atoms with E-state index in [4.69, 9.17) is 4.42 Å². The molecule has 1 unspecified atom stereocenters. The van der Waals surface area contributed by atoms with Gasteiger partial charge in [-0.1, -0.05) is 13.3 Å². The summed E-state index contributed by atoms with van der Waals surface area (Å²) in [5, 5.41) is 3.37. The summed E-state index contributed by atoms with van der Waals surface area (Å²) in [6, 6.07) is 6.11. The maximum Gasteiger partial charge on any atom is 0.295 e. The molecule has 2 fully saturated rings. The minimum Gasteiger partial charge on any atom is -0.459 e. The van der Waals surface area contributed by atoms with Crippen molar-refractivity contribution in [2.45, 2.75) is 44.8 Å². The van der Waals surface area contributed by atoms with Crippen LogP contribution in [0.1, 0.15) is 53.7 Å². The predicted octanol–water partition coefficient (Wildman–Crippen LogP) is 2.11. The fourth-order valence-electron chi connectivity index (χ4n) is 5.27. The Kier molecular flexibility index (Phi) is 5.88. The molecule has 5 heterocycles. The van der Waals surface area contributed by atoms with Gasteiger partial charge in [-0.15, -0.1) is 0 Å². The minimum atomic E-state index is -0.620. The van der Waals surface area contributed by atoms with Gasteiger partial charge >= 0.3 is 0 Å². The van der Waals surface area contributed by atoms with Gasteiger partial charge in [-0.05, 0) is 62.5 Å². The molecule has 1 N–H and O–H groups in total. The number of carbonyl (C=O) groups excluding carboxylic acids is 3. The molecule has 0 spiro atoms. The van der Waals surface area contributed by atoms with Crippen molar-refractivity contribution in [3.63, 3.8) is 0 Å². The Balaban J connectivity index is 1.56. The quantitative estimate of drug-likeness (QED) is 0.748. The number of nitrogens with zero attached hydrogens (tertiary/aromatic N) is 4. The number of fused-ring (bicyclic) bond motifs is 2. The zero-order valence-electron chi connectivity index (χ0n) is 18.8. The molecule has 2 aromatic rings. The van der Waals surface area contributed by atoms with Gasteiger partial charge in [0.05, 0.1) is 18.5 Å². The van der Waals surface area contributed by atoms with Gasteiger partial charge in [-0.3, -0.25) is 19.3 Å². The average Bonchev–Trinajstić information content (AvgIpc) is 3.38. The van der Waals surface area contributed by atoms with Crippen molar-refractivity contribution in [1.82, 2.24) is 20.1 Å². The van der Waals surface area contributed by atoms with E-state index < -0.39 is 12.2 Å². The summed E-state index contributed by atoms with van der Waals surface area (Å²) in [5.74, 6) is -0.0835. The molecule has 9 nitrogen and oxygen atoms in total. The van der Waals surface area contributed by atoms with Gasteiger partial charge in [-0.25, -0.2) is 4.98 Å². The number of carbonyl (C=O) groups is 3. The Labute approximate surface area is 192 Å². The van der Waals surface area contributed by atoms with Crippen LogP contribution in [0.5, 0.6) is 0 Å². The molecule has 33 heavy (non-hydrogen) atoms. The van der Waals surface area contributed by atoms with E-state index in [1.807, 2.05) is 11.8 Å². The van der Waals surface area contributed by atoms with E-state index >= 15 is 0 Å². The Morgan fingerprint density at radius 1 is 1.21 bits per heavy atom. The maximum absolute atomic E-state index is 13.6. The maximum atomic E-state index is 13.6. The van der Waals surface area contributed by atoms with Crippen LogP contribution >= 0.6 is 0 Å². The number of piperidine rings is 1. The molecule has 2 atom stereocenters. The molecule has 0 aliphatic carbocycles. The molecule has 3 aliphatic heterocycles. The molecular weight excluding hydrogens is 422 g/mol. The van der Waals surface area contributed by atoms with Crippen molar-refractivity contribution < 1.29 is 18.8 Å². The van der Waals surface area contributed by atoms with Gasteiger partial charge in [0.1, 0.15) is 12.2 Å². The molecule has 5 rings (SSSR count).